The topological polar surface area (TPSA) is 9.23 Å². The molecule has 1 radical (unpaired) electrons. The molecule has 0 aromatic carbocycles. The van der Waals surface area contributed by atoms with Crippen molar-refractivity contribution >= 4 is 0 Å². The van der Waals surface area contributed by atoms with E-state index in [2.05, 4.69) is 20.3 Å². The van der Waals surface area contributed by atoms with E-state index < -0.39 is 0 Å². The summed E-state index contributed by atoms with van der Waals surface area (Å²) in [7, 11) is 1.80. The van der Waals surface area contributed by atoms with Crippen molar-refractivity contribution in [2.24, 2.45) is 0 Å². The van der Waals surface area contributed by atoms with Crippen molar-refractivity contribution < 1.29 is 4.74 Å². The summed E-state index contributed by atoms with van der Waals surface area (Å²) in [5, 5.41) is 0. The van der Waals surface area contributed by atoms with Crippen LogP contribution in [0.25, 0.3) is 0 Å². The molecule has 15 heavy (non-hydrogen) atoms. The third-order valence-electron chi connectivity index (χ3n) is 3.02. The highest BCUT2D eigenvalue weighted by atomic mass is 16.5. The van der Waals surface area contributed by atoms with Gasteiger partial charge in [0.15, 0.2) is 0 Å². The van der Waals surface area contributed by atoms with Crippen LogP contribution >= 0.6 is 0 Å². The Bertz CT molecular complexity index is 108. The second-order valence-electron chi connectivity index (χ2n) is 4.37. The Balaban J connectivity index is 3.04. The minimum atomic E-state index is 0.380. The lowest BCUT2D eigenvalue weighted by Gasteiger charge is -2.11. The summed E-state index contributed by atoms with van der Waals surface area (Å²) in [6.07, 6.45) is 14.9. The summed E-state index contributed by atoms with van der Waals surface area (Å²) in [6, 6.07) is 0. The molecule has 1 nitrogen and oxygen atoms in total. The maximum Gasteiger partial charge on any atom is 0.0600 e. The van der Waals surface area contributed by atoms with Crippen molar-refractivity contribution in [3.8, 4) is 0 Å². The molecule has 1 heteroatoms. The van der Waals surface area contributed by atoms with Gasteiger partial charge in [0.1, 0.15) is 0 Å². The first-order valence-corrected chi connectivity index (χ1v) is 6.67. The first kappa shape index (κ1) is 15.0. The number of hydrogen-bond donors (Lipinski definition) is 0. The monoisotopic (exact) mass is 213 g/mol. The number of hydrogen-bond acceptors (Lipinski definition) is 1. The summed E-state index contributed by atoms with van der Waals surface area (Å²) >= 11 is 0. The van der Waals surface area contributed by atoms with Crippen LogP contribution < -0.4 is 0 Å². The molecule has 0 aliphatic rings. The van der Waals surface area contributed by atoms with Gasteiger partial charge < -0.3 is 4.74 Å². The second kappa shape index (κ2) is 12.0. The van der Waals surface area contributed by atoms with Gasteiger partial charge in [-0.1, -0.05) is 65.2 Å². The van der Waals surface area contributed by atoms with Gasteiger partial charge in [0.05, 0.1) is 6.10 Å². The Morgan fingerprint density at radius 2 is 1.47 bits per heavy atom. The average Bonchev–Trinajstić information content (AvgIpc) is 2.27. The Labute approximate surface area is 96.6 Å². The quantitative estimate of drug-likeness (QED) is 0.450. The van der Waals surface area contributed by atoms with Gasteiger partial charge in [0.25, 0.3) is 0 Å². The molecule has 0 N–H and O–H groups in total. The van der Waals surface area contributed by atoms with Crippen LogP contribution in [0, 0.1) is 6.42 Å². The first-order valence-electron chi connectivity index (χ1n) is 6.67. The molecular weight excluding hydrogens is 184 g/mol. The number of ether oxygens (including phenoxy) is 1. The number of unbranched alkanes of at least 4 members (excludes halogenated alkanes) is 7. The van der Waals surface area contributed by atoms with Crippen molar-refractivity contribution in [2.75, 3.05) is 7.11 Å². The van der Waals surface area contributed by atoms with Crippen molar-refractivity contribution in [3.05, 3.63) is 6.42 Å². The molecule has 0 aliphatic carbocycles. The Morgan fingerprint density at radius 3 is 1.93 bits per heavy atom. The molecule has 0 aliphatic heterocycles. The van der Waals surface area contributed by atoms with Gasteiger partial charge in [-0.05, 0) is 12.8 Å². The summed E-state index contributed by atoms with van der Waals surface area (Å²) < 4.78 is 5.30. The third-order valence-corrected chi connectivity index (χ3v) is 3.02. The Morgan fingerprint density at radius 1 is 0.933 bits per heavy atom. The lowest BCUT2D eigenvalue weighted by Crippen LogP contribution is -2.08. The van der Waals surface area contributed by atoms with E-state index in [4.69, 9.17) is 4.74 Å². The van der Waals surface area contributed by atoms with Crippen molar-refractivity contribution in [1.82, 2.24) is 0 Å². The van der Waals surface area contributed by atoms with E-state index in [1.54, 1.807) is 7.11 Å². The largest absolute Gasteiger partial charge is 0.381 e. The van der Waals surface area contributed by atoms with Crippen LogP contribution in [-0.4, -0.2) is 13.2 Å². The SMILES string of the molecule is C[CH]C(CCCCCCCCCC)OC. The van der Waals surface area contributed by atoms with E-state index in [9.17, 15) is 0 Å². The van der Waals surface area contributed by atoms with E-state index >= 15 is 0 Å². The zero-order chi connectivity index (χ0) is 11.4. The summed E-state index contributed by atoms with van der Waals surface area (Å²) in [6.45, 7) is 4.35. The van der Waals surface area contributed by atoms with E-state index in [0.29, 0.717) is 6.10 Å². The molecule has 1 atom stereocenters. The molecule has 0 saturated heterocycles. The first-order chi connectivity index (χ1) is 7.35. The second-order valence-corrected chi connectivity index (χ2v) is 4.37. The highest BCUT2D eigenvalue weighted by Crippen LogP contribution is 2.12. The Hall–Kier alpha value is -0.0400. The van der Waals surface area contributed by atoms with Gasteiger partial charge in [0, 0.05) is 7.11 Å². The predicted molar refractivity (Wildman–Crippen MR) is 68.0 cm³/mol. The third kappa shape index (κ3) is 10.2. The average molecular weight is 213 g/mol. The minimum Gasteiger partial charge on any atom is -0.381 e. The van der Waals surface area contributed by atoms with Crippen LogP contribution in [0.3, 0.4) is 0 Å². The van der Waals surface area contributed by atoms with E-state index in [1.165, 1.54) is 57.8 Å². The molecule has 0 saturated carbocycles. The van der Waals surface area contributed by atoms with Gasteiger partial charge in [-0.15, -0.1) is 0 Å². The lowest BCUT2D eigenvalue weighted by molar-refractivity contribution is 0.118. The predicted octanol–water partition coefficient (Wildman–Crippen LogP) is 4.76. The van der Waals surface area contributed by atoms with Crippen LogP contribution in [-0.2, 0) is 4.74 Å². The fourth-order valence-electron chi connectivity index (χ4n) is 1.90. The maximum atomic E-state index is 5.30. The maximum absolute atomic E-state index is 5.30. The van der Waals surface area contributed by atoms with E-state index in [0.717, 1.165) is 0 Å². The zero-order valence-electron chi connectivity index (χ0n) is 10.9. The molecule has 0 aromatic heterocycles. The molecule has 0 aromatic rings. The summed E-state index contributed by atoms with van der Waals surface area (Å²) in [5.74, 6) is 0. The number of rotatable bonds is 11. The Kier molecular flexibility index (Phi) is 12.0. The summed E-state index contributed by atoms with van der Waals surface area (Å²) in [4.78, 5) is 0. The smallest absolute Gasteiger partial charge is 0.0600 e. The van der Waals surface area contributed by atoms with Crippen LogP contribution in [0.15, 0.2) is 0 Å². The van der Waals surface area contributed by atoms with Crippen LogP contribution in [0.4, 0.5) is 0 Å². The van der Waals surface area contributed by atoms with Gasteiger partial charge >= 0.3 is 0 Å². The fourth-order valence-corrected chi connectivity index (χ4v) is 1.90. The molecule has 0 spiro atoms. The lowest BCUT2D eigenvalue weighted by atomic mass is 10.0. The van der Waals surface area contributed by atoms with Gasteiger partial charge in [-0.3, -0.25) is 0 Å². The molecule has 0 rings (SSSR count). The van der Waals surface area contributed by atoms with Gasteiger partial charge in [-0.25, -0.2) is 0 Å². The fraction of sp³-hybridized carbons (Fsp3) is 0.929. The van der Waals surface area contributed by atoms with Crippen LogP contribution in [0.1, 0.15) is 71.6 Å². The molecule has 1 unspecified atom stereocenters. The minimum absolute atomic E-state index is 0.380. The van der Waals surface area contributed by atoms with Crippen LogP contribution in [0.5, 0.6) is 0 Å². The highest BCUT2D eigenvalue weighted by Gasteiger charge is 2.02. The molecule has 0 heterocycles. The molecule has 0 fully saturated rings. The zero-order valence-corrected chi connectivity index (χ0v) is 10.9. The number of methoxy groups -OCH3 is 1. The van der Waals surface area contributed by atoms with Crippen molar-refractivity contribution in [3.63, 3.8) is 0 Å². The molecule has 91 valence electrons. The van der Waals surface area contributed by atoms with E-state index in [-0.39, 0.29) is 0 Å². The van der Waals surface area contributed by atoms with Crippen LogP contribution in [0.2, 0.25) is 0 Å². The van der Waals surface area contributed by atoms with E-state index in [1.807, 2.05) is 0 Å². The molecular formula is C14H29O. The standard InChI is InChI=1S/C14H29O/c1-4-6-7-8-9-10-11-12-13-14(5-2)15-3/h5,14H,4,6-13H2,1-3H3. The normalized spacial score (nSPS) is 13.0. The van der Waals surface area contributed by atoms with Crippen molar-refractivity contribution in [1.29, 1.82) is 0 Å². The van der Waals surface area contributed by atoms with Gasteiger partial charge in [-0.2, -0.15) is 0 Å². The van der Waals surface area contributed by atoms with Gasteiger partial charge in [0.2, 0.25) is 0 Å². The summed E-state index contributed by atoms with van der Waals surface area (Å²) in [5.41, 5.74) is 0. The molecule has 0 amide bonds. The highest BCUT2D eigenvalue weighted by molar-refractivity contribution is 4.70. The molecule has 0 bridgehead atoms. The van der Waals surface area contributed by atoms with Crippen molar-refractivity contribution in [2.45, 2.75) is 77.7 Å².